The number of para-hydroxylation sites is 1. The van der Waals surface area contributed by atoms with Crippen molar-refractivity contribution in [1.82, 2.24) is 4.98 Å². The second-order valence-corrected chi connectivity index (χ2v) is 7.57. The number of carbonyl (C=O) groups is 1. The molecule has 0 atom stereocenters. The minimum atomic E-state index is -0.954. The zero-order valence-electron chi connectivity index (χ0n) is 15.1. The molecule has 0 saturated heterocycles. The highest BCUT2D eigenvalue weighted by atomic mass is 32.2. The van der Waals surface area contributed by atoms with Crippen molar-refractivity contribution in [3.63, 3.8) is 0 Å². The standard InChI is InChI=1S/C21H19NO4S/c1-12-4-3-5-17-13(2)6-18(22-19(12)17)27-10-16-8-14(21(23)24)7-15-9-25-11-26-20(15)16/h3-8H,9-11H2,1-2H3,(H,23,24). The summed E-state index contributed by atoms with van der Waals surface area (Å²) < 4.78 is 10.9. The van der Waals surface area contributed by atoms with Gasteiger partial charge in [-0.05, 0) is 43.2 Å². The summed E-state index contributed by atoms with van der Waals surface area (Å²) in [5.41, 5.74) is 5.20. The first-order valence-electron chi connectivity index (χ1n) is 8.62. The summed E-state index contributed by atoms with van der Waals surface area (Å²) in [6.07, 6.45) is 0. The highest BCUT2D eigenvalue weighted by Gasteiger charge is 2.19. The Morgan fingerprint density at radius 2 is 2.07 bits per heavy atom. The van der Waals surface area contributed by atoms with E-state index in [9.17, 15) is 9.90 Å². The third-order valence-corrected chi connectivity index (χ3v) is 5.59. The second-order valence-electron chi connectivity index (χ2n) is 6.58. The van der Waals surface area contributed by atoms with Crippen LogP contribution in [0.1, 0.15) is 32.6 Å². The zero-order chi connectivity index (χ0) is 19.0. The second kappa shape index (κ2) is 7.21. The van der Waals surface area contributed by atoms with Crippen molar-refractivity contribution in [1.29, 1.82) is 0 Å². The van der Waals surface area contributed by atoms with E-state index in [0.717, 1.165) is 38.4 Å². The van der Waals surface area contributed by atoms with Gasteiger partial charge < -0.3 is 14.6 Å². The molecule has 5 nitrogen and oxygen atoms in total. The fourth-order valence-electron chi connectivity index (χ4n) is 3.29. The molecular weight excluding hydrogens is 362 g/mol. The monoisotopic (exact) mass is 381 g/mol. The molecule has 0 bridgehead atoms. The van der Waals surface area contributed by atoms with E-state index < -0.39 is 5.97 Å². The lowest BCUT2D eigenvalue weighted by molar-refractivity contribution is -0.0169. The van der Waals surface area contributed by atoms with Gasteiger partial charge in [0.15, 0.2) is 6.79 Å². The van der Waals surface area contributed by atoms with Crippen LogP contribution < -0.4 is 4.74 Å². The maximum atomic E-state index is 11.4. The normalized spacial score (nSPS) is 13.3. The Morgan fingerprint density at radius 1 is 1.22 bits per heavy atom. The number of aromatic carboxylic acids is 1. The molecule has 1 aliphatic heterocycles. The molecule has 0 fully saturated rings. The Kier molecular flexibility index (Phi) is 4.76. The first kappa shape index (κ1) is 17.8. The number of ether oxygens (including phenoxy) is 2. The van der Waals surface area contributed by atoms with Crippen LogP contribution in [0.15, 0.2) is 41.4 Å². The highest BCUT2D eigenvalue weighted by molar-refractivity contribution is 7.98. The Balaban J connectivity index is 1.67. The lowest BCUT2D eigenvalue weighted by atomic mass is 10.0. The summed E-state index contributed by atoms with van der Waals surface area (Å²) in [4.78, 5) is 16.2. The molecule has 1 aromatic heterocycles. The highest BCUT2D eigenvalue weighted by Crippen LogP contribution is 2.35. The molecule has 0 saturated carbocycles. The smallest absolute Gasteiger partial charge is 0.335 e. The lowest BCUT2D eigenvalue weighted by Crippen LogP contribution is -2.14. The van der Waals surface area contributed by atoms with Crippen LogP contribution in [0.3, 0.4) is 0 Å². The molecule has 0 unspecified atom stereocenters. The number of hydrogen-bond acceptors (Lipinski definition) is 5. The van der Waals surface area contributed by atoms with Crippen LogP contribution in [0.5, 0.6) is 5.75 Å². The lowest BCUT2D eigenvalue weighted by Gasteiger charge is -2.21. The van der Waals surface area contributed by atoms with Gasteiger partial charge in [0.05, 0.1) is 22.7 Å². The number of benzene rings is 2. The van der Waals surface area contributed by atoms with Crippen LogP contribution in [0.25, 0.3) is 10.9 Å². The van der Waals surface area contributed by atoms with Crippen molar-refractivity contribution in [3.05, 3.63) is 64.2 Å². The molecule has 6 heteroatoms. The van der Waals surface area contributed by atoms with E-state index in [4.69, 9.17) is 14.5 Å². The average Bonchev–Trinajstić information content (AvgIpc) is 2.66. The van der Waals surface area contributed by atoms with E-state index in [-0.39, 0.29) is 12.4 Å². The predicted octanol–water partition coefficient (Wildman–Crippen LogP) is 4.71. The Labute approximate surface area is 161 Å². The molecule has 1 N–H and O–H groups in total. The molecule has 0 amide bonds. The number of carboxylic acids is 1. The molecule has 27 heavy (non-hydrogen) atoms. The van der Waals surface area contributed by atoms with Gasteiger partial charge in [-0.1, -0.05) is 18.2 Å². The molecule has 0 radical (unpaired) electrons. The summed E-state index contributed by atoms with van der Waals surface area (Å²) in [6, 6.07) is 11.6. The first-order chi connectivity index (χ1) is 13.0. The van der Waals surface area contributed by atoms with E-state index in [2.05, 4.69) is 32.0 Å². The Bertz CT molecular complexity index is 1050. The van der Waals surface area contributed by atoms with Crippen molar-refractivity contribution in [3.8, 4) is 5.75 Å². The van der Waals surface area contributed by atoms with Crippen LogP contribution in [0.2, 0.25) is 0 Å². The molecule has 4 rings (SSSR count). The predicted molar refractivity (Wildman–Crippen MR) is 104 cm³/mol. The van der Waals surface area contributed by atoms with Crippen LogP contribution in [0, 0.1) is 13.8 Å². The van der Waals surface area contributed by atoms with Crippen LogP contribution >= 0.6 is 11.8 Å². The molecule has 138 valence electrons. The quantitative estimate of drug-likeness (QED) is 0.660. The van der Waals surface area contributed by atoms with Gasteiger partial charge in [-0.25, -0.2) is 9.78 Å². The number of thioether (sulfide) groups is 1. The zero-order valence-corrected chi connectivity index (χ0v) is 15.9. The summed E-state index contributed by atoms with van der Waals surface area (Å²) in [7, 11) is 0. The Hall–Kier alpha value is -2.57. The molecule has 0 aliphatic carbocycles. The number of carboxylic acid groups (broad SMARTS) is 1. The number of fused-ring (bicyclic) bond motifs is 2. The van der Waals surface area contributed by atoms with Crippen molar-refractivity contribution in [2.24, 2.45) is 0 Å². The molecule has 3 aromatic rings. The maximum absolute atomic E-state index is 11.4. The number of rotatable bonds is 4. The topological polar surface area (TPSA) is 68.7 Å². The van der Waals surface area contributed by atoms with E-state index in [1.54, 1.807) is 23.9 Å². The van der Waals surface area contributed by atoms with Gasteiger partial charge in [0.25, 0.3) is 0 Å². The van der Waals surface area contributed by atoms with Gasteiger partial charge in [0, 0.05) is 22.3 Å². The first-order valence-corrected chi connectivity index (χ1v) is 9.61. The van der Waals surface area contributed by atoms with E-state index in [0.29, 0.717) is 12.4 Å². The fourth-order valence-corrected chi connectivity index (χ4v) is 4.22. The van der Waals surface area contributed by atoms with Gasteiger partial charge >= 0.3 is 5.97 Å². The summed E-state index contributed by atoms with van der Waals surface area (Å²) in [6.45, 7) is 4.69. The third kappa shape index (κ3) is 3.50. The average molecular weight is 381 g/mol. The SMILES string of the molecule is Cc1cc(SCc2cc(C(=O)O)cc3c2OCOC3)nc2c(C)cccc12. The summed E-state index contributed by atoms with van der Waals surface area (Å²) >= 11 is 1.58. The van der Waals surface area contributed by atoms with Gasteiger partial charge in [0.1, 0.15) is 5.75 Å². The number of pyridine rings is 1. The minimum absolute atomic E-state index is 0.184. The van der Waals surface area contributed by atoms with E-state index in [1.165, 1.54) is 5.56 Å². The fraction of sp³-hybridized carbons (Fsp3) is 0.238. The van der Waals surface area contributed by atoms with Crippen molar-refractivity contribution in [2.75, 3.05) is 6.79 Å². The molecule has 1 aliphatic rings. The van der Waals surface area contributed by atoms with Crippen molar-refractivity contribution >= 4 is 28.6 Å². The molecular formula is C21H19NO4S. The van der Waals surface area contributed by atoms with Crippen LogP contribution in [-0.2, 0) is 17.1 Å². The number of hydrogen-bond donors (Lipinski definition) is 1. The number of nitrogens with zero attached hydrogens (tertiary/aromatic N) is 1. The molecule has 2 heterocycles. The maximum Gasteiger partial charge on any atom is 0.335 e. The number of aryl methyl sites for hydroxylation is 2. The van der Waals surface area contributed by atoms with Crippen LogP contribution in [-0.4, -0.2) is 22.9 Å². The van der Waals surface area contributed by atoms with Gasteiger partial charge in [-0.3, -0.25) is 0 Å². The van der Waals surface area contributed by atoms with Gasteiger partial charge in [-0.2, -0.15) is 0 Å². The van der Waals surface area contributed by atoms with Crippen LogP contribution in [0.4, 0.5) is 0 Å². The molecule has 0 spiro atoms. The Morgan fingerprint density at radius 3 is 2.89 bits per heavy atom. The molecule has 2 aromatic carbocycles. The number of aromatic nitrogens is 1. The minimum Gasteiger partial charge on any atom is -0.478 e. The third-order valence-electron chi connectivity index (χ3n) is 4.63. The van der Waals surface area contributed by atoms with Crippen molar-refractivity contribution < 1.29 is 19.4 Å². The summed E-state index contributed by atoms with van der Waals surface area (Å²) in [5, 5.41) is 11.5. The van der Waals surface area contributed by atoms with Gasteiger partial charge in [-0.15, -0.1) is 11.8 Å². The largest absolute Gasteiger partial charge is 0.478 e. The van der Waals surface area contributed by atoms with Gasteiger partial charge in [0.2, 0.25) is 0 Å². The van der Waals surface area contributed by atoms with E-state index in [1.807, 2.05) is 6.07 Å². The van der Waals surface area contributed by atoms with E-state index >= 15 is 0 Å². The summed E-state index contributed by atoms with van der Waals surface area (Å²) in [5.74, 6) is 0.352. The van der Waals surface area contributed by atoms with Crippen molar-refractivity contribution in [2.45, 2.75) is 31.2 Å².